The first-order valence-corrected chi connectivity index (χ1v) is 7.52. The van der Waals surface area contributed by atoms with Crippen LogP contribution in [0.4, 0.5) is 0 Å². The molecule has 0 fully saturated rings. The largest absolute Gasteiger partial charge is 0.292 e. The molecule has 1 heterocycles. The van der Waals surface area contributed by atoms with Gasteiger partial charge in [0.2, 0.25) is 0 Å². The highest BCUT2D eigenvalue weighted by Gasteiger charge is 2.28. The third kappa shape index (κ3) is 3.03. The van der Waals surface area contributed by atoms with E-state index in [0.29, 0.717) is 16.3 Å². The fourth-order valence-electron chi connectivity index (χ4n) is 2.29. The van der Waals surface area contributed by atoms with Crippen molar-refractivity contribution in [3.8, 4) is 11.8 Å². The van der Waals surface area contributed by atoms with Crippen molar-refractivity contribution in [2.45, 2.75) is 12.8 Å². The molecule has 3 rings (SSSR count). The van der Waals surface area contributed by atoms with Crippen molar-refractivity contribution in [3.05, 3.63) is 70.5 Å². The first-order chi connectivity index (χ1) is 11.6. The van der Waals surface area contributed by atoms with Crippen LogP contribution in [-0.4, -0.2) is 26.0 Å². The van der Waals surface area contributed by atoms with Crippen LogP contribution < -0.4 is 0 Å². The molecule has 0 amide bonds. The number of ketones is 1. The molecule has 118 valence electrons. The zero-order valence-electron chi connectivity index (χ0n) is 12.7. The van der Waals surface area contributed by atoms with Crippen LogP contribution in [0.25, 0.3) is 5.69 Å². The maximum atomic E-state index is 12.7. The van der Waals surface area contributed by atoms with Gasteiger partial charge in [0.15, 0.2) is 17.5 Å². The molecule has 2 aromatic carbocycles. The first-order valence-electron chi connectivity index (χ1n) is 7.15. The molecule has 6 nitrogen and oxygen atoms in total. The van der Waals surface area contributed by atoms with Crippen molar-refractivity contribution < 1.29 is 4.79 Å². The van der Waals surface area contributed by atoms with Gasteiger partial charge in [0.25, 0.3) is 0 Å². The number of carbonyl (C=O) groups is 1. The third-order valence-corrected chi connectivity index (χ3v) is 3.77. The van der Waals surface area contributed by atoms with Crippen molar-refractivity contribution in [2.75, 3.05) is 0 Å². The Morgan fingerprint density at radius 1 is 1.25 bits per heavy atom. The van der Waals surface area contributed by atoms with Crippen molar-refractivity contribution in [2.24, 2.45) is 0 Å². The highest BCUT2D eigenvalue weighted by molar-refractivity contribution is 6.31. The van der Waals surface area contributed by atoms with Gasteiger partial charge in [-0.2, -0.15) is 9.94 Å². The molecule has 0 radical (unpaired) electrons. The monoisotopic (exact) mass is 337 g/mol. The lowest BCUT2D eigenvalue weighted by Crippen LogP contribution is -2.16. The standard InChI is InChI=1S/C17H12ClN5O/c1-11-5-7-14(8-6-11)23-17(20-21-22-23)15(10-19)16(24)12-3-2-4-13(18)9-12/h2-9,15H,1H3/t15-/m0/s1. The smallest absolute Gasteiger partial charge is 0.187 e. The van der Waals surface area contributed by atoms with E-state index in [1.54, 1.807) is 18.2 Å². The summed E-state index contributed by atoms with van der Waals surface area (Å²) in [5.41, 5.74) is 2.10. The predicted molar refractivity (Wildman–Crippen MR) is 88.0 cm³/mol. The number of hydrogen-bond acceptors (Lipinski definition) is 5. The zero-order chi connectivity index (χ0) is 17.1. The maximum absolute atomic E-state index is 12.7. The Bertz CT molecular complexity index is 927. The van der Waals surface area contributed by atoms with Gasteiger partial charge in [-0.3, -0.25) is 4.79 Å². The number of nitriles is 1. The molecule has 0 bridgehead atoms. The van der Waals surface area contributed by atoms with Gasteiger partial charge >= 0.3 is 0 Å². The van der Waals surface area contributed by atoms with E-state index in [1.165, 1.54) is 10.7 Å². The summed E-state index contributed by atoms with van der Waals surface area (Å²) in [7, 11) is 0. The van der Waals surface area contributed by atoms with Crippen LogP contribution in [-0.2, 0) is 0 Å². The van der Waals surface area contributed by atoms with Crippen molar-refractivity contribution in [3.63, 3.8) is 0 Å². The number of aryl methyl sites for hydroxylation is 1. The van der Waals surface area contributed by atoms with Gasteiger partial charge in [-0.05, 0) is 41.6 Å². The van der Waals surface area contributed by atoms with Gasteiger partial charge in [0, 0.05) is 10.6 Å². The summed E-state index contributed by atoms with van der Waals surface area (Å²) in [6, 6.07) is 15.9. The maximum Gasteiger partial charge on any atom is 0.187 e. The Morgan fingerprint density at radius 2 is 2.00 bits per heavy atom. The number of nitrogens with zero attached hydrogens (tertiary/aromatic N) is 5. The van der Waals surface area contributed by atoms with Crippen molar-refractivity contribution in [1.82, 2.24) is 20.2 Å². The molecule has 0 N–H and O–H groups in total. The number of aromatic nitrogens is 4. The Hall–Kier alpha value is -3.04. The lowest BCUT2D eigenvalue weighted by atomic mass is 9.98. The fraction of sp³-hybridized carbons (Fsp3) is 0.118. The zero-order valence-corrected chi connectivity index (χ0v) is 13.5. The van der Waals surface area contributed by atoms with Crippen molar-refractivity contribution >= 4 is 17.4 Å². The van der Waals surface area contributed by atoms with Gasteiger partial charge in [-0.25, -0.2) is 0 Å². The number of carbonyl (C=O) groups excluding carboxylic acids is 1. The summed E-state index contributed by atoms with van der Waals surface area (Å²) < 4.78 is 1.40. The highest BCUT2D eigenvalue weighted by atomic mass is 35.5. The molecular weight excluding hydrogens is 326 g/mol. The summed E-state index contributed by atoms with van der Waals surface area (Å²) in [6.45, 7) is 1.96. The van der Waals surface area contributed by atoms with Crippen LogP contribution in [0.2, 0.25) is 5.02 Å². The number of rotatable bonds is 4. The third-order valence-electron chi connectivity index (χ3n) is 3.53. The molecule has 0 aliphatic carbocycles. The molecular formula is C17H12ClN5O. The van der Waals surface area contributed by atoms with E-state index >= 15 is 0 Å². The normalized spacial score (nSPS) is 11.7. The molecule has 0 aliphatic rings. The van der Waals surface area contributed by atoms with Gasteiger partial charge in [-0.1, -0.05) is 41.4 Å². The summed E-state index contributed by atoms with van der Waals surface area (Å²) in [6.07, 6.45) is 0. The Balaban J connectivity index is 2.01. The van der Waals surface area contributed by atoms with Crippen LogP contribution >= 0.6 is 11.6 Å². The van der Waals surface area contributed by atoms with E-state index in [1.807, 2.05) is 37.3 Å². The molecule has 0 aliphatic heterocycles. The van der Waals surface area contributed by atoms with E-state index < -0.39 is 11.7 Å². The lowest BCUT2D eigenvalue weighted by Gasteiger charge is -2.09. The van der Waals surface area contributed by atoms with E-state index in [4.69, 9.17) is 11.6 Å². The summed E-state index contributed by atoms with van der Waals surface area (Å²) in [4.78, 5) is 12.7. The highest BCUT2D eigenvalue weighted by Crippen LogP contribution is 2.22. The minimum atomic E-state index is -1.13. The Kier molecular flexibility index (Phi) is 4.36. The molecule has 3 aromatic rings. The van der Waals surface area contributed by atoms with E-state index in [0.717, 1.165) is 5.56 Å². The summed E-state index contributed by atoms with van der Waals surface area (Å²) >= 11 is 5.92. The van der Waals surface area contributed by atoms with Crippen LogP contribution in [0.1, 0.15) is 27.7 Å². The van der Waals surface area contributed by atoms with Gasteiger partial charge < -0.3 is 0 Å². The molecule has 0 spiro atoms. The number of Topliss-reactive ketones (excluding diaryl/α,β-unsaturated/α-hetero) is 1. The summed E-state index contributed by atoms with van der Waals surface area (Å²) in [5, 5.41) is 21.3. The molecule has 0 unspecified atom stereocenters. The lowest BCUT2D eigenvalue weighted by molar-refractivity contribution is 0.0975. The van der Waals surface area contributed by atoms with Gasteiger partial charge in [0.05, 0.1) is 11.8 Å². The molecule has 0 saturated heterocycles. The molecule has 1 atom stereocenters. The van der Waals surface area contributed by atoms with Gasteiger partial charge in [-0.15, -0.1) is 5.10 Å². The van der Waals surface area contributed by atoms with Crippen LogP contribution in [0, 0.1) is 18.3 Å². The average Bonchev–Trinajstić information content (AvgIpc) is 3.05. The summed E-state index contributed by atoms with van der Waals surface area (Å²) in [5.74, 6) is -1.35. The average molecular weight is 338 g/mol. The topological polar surface area (TPSA) is 84.5 Å². The molecule has 7 heteroatoms. The molecule has 0 saturated carbocycles. The van der Waals surface area contributed by atoms with Crippen LogP contribution in [0.3, 0.4) is 0 Å². The van der Waals surface area contributed by atoms with E-state index in [9.17, 15) is 10.1 Å². The van der Waals surface area contributed by atoms with Crippen molar-refractivity contribution in [1.29, 1.82) is 5.26 Å². The van der Waals surface area contributed by atoms with Crippen LogP contribution in [0.15, 0.2) is 48.5 Å². The second-order valence-corrected chi connectivity index (χ2v) is 5.66. The fourth-order valence-corrected chi connectivity index (χ4v) is 2.48. The minimum Gasteiger partial charge on any atom is -0.292 e. The van der Waals surface area contributed by atoms with E-state index in [-0.39, 0.29) is 5.82 Å². The SMILES string of the molecule is Cc1ccc(-n2nnnc2[C@@H](C#N)C(=O)c2cccc(Cl)c2)cc1. The number of hydrogen-bond donors (Lipinski definition) is 0. The minimum absolute atomic E-state index is 0.173. The number of tetrazole rings is 1. The van der Waals surface area contributed by atoms with Gasteiger partial charge in [0.1, 0.15) is 0 Å². The molecule has 24 heavy (non-hydrogen) atoms. The van der Waals surface area contributed by atoms with E-state index in [2.05, 4.69) is 15.5 Å². The predicted octanol–water partition coefficient (Wildman–Crippen LogP) is 3.11. The number of halogens is 1. The number of benzene rings is 2. The second-order valence-electron chi connectivity index (χ2n) is 5.22. The molecule has 1 aromatic heterocycles. The first kappa shape index (κ1) is 15.8. The Morgan fingerprint density at radius 3 is 2.67 bits per heavy atom. The quantitative estimate of drug-likeness (QED) is 0.683. The Labute approximate surface area is 143 Å². The van der Waals surface area contributed by atoms with Crippen LogP contribution in [0.5, 0.6) is 0 Å². The second kappa shape index (κ2) is 6.60.